The maximum Gasteiger partial charge on any atom is 0.319 e. The summed E-state index contributed by atoms with van der Waals surface area (Å²) in [4.78, 5) is 45.3. The van der Waals surface area contributed by atoms with Crippen molar-refractivity contribution in [1.82, 2.24) is 20.0 Å². The van der Waals surface area contributed by atoms with Gasteiger partial charge in [0, 0.05) is 56.9 Å². The van der Waals surface area contributed by atoms with Gasteiger partial charge in [0.2, 0.25) is 5.91 Å². The van der Waals surface area contributed by atoms with Crippen molar-refractivity contribution in [2.45, 2.75) is 70.8 Å². The quantitative estimate of drug-likeness (QED) is 0.474. The molecule has 3 N–H and O–H groups in total. The summed E-state index contributed by atoms with van der Waals surface area (Å²) in [6.45, 7) is 8.98. The SMILES string of the molecule is C[C@]12CC3CC(NC(=O)Nc4ccc(C(=O)N5CCCC(C(=O)N6CCN(CCO)CC6)C5)cc4F)(C1)C[C@@](C)(C3)C2. The summed E-state index contributed by atoms with van der Waals surface area (Å²) >= 11 is 0. The summed E-state index contributed by atoms with van der Waals surface area (Å²) in [5, 5.41) is 15.1. The number of piperazine rings is 1. The number of carbonyl (C=O) groups excluding carboxylic acids is 3. The average Bonchev–Trinajstić information content (AvgIpc) is 2.92. The highest BCUT2D eigenvalue weighted by Crippen LogP contribution is 2.66. The van der Waals surface area contributed by atoms with Crippen molar-refractivity contribution in [1.29, 1.82) is 0 Å². The third-order valence-corrected chi connectivity index (χ3v) is 10.6. The number of halogens is 1. The largest absolute Gasteiger partial charge is 0.395 e. The van der Waals surface area contributed by atoms with Gasteiger partial charge in [0.15, 0.2) is 0 Å². The van der Waals surface area contributed by atoms with Crippen molar-refractivity contribution in [2.75, 3.05) is 57.7 Å². The highest BCUT2D eigenvalue weighted by molar-refractivity contribution is 5.96. The summed E-state index contributed by atoms with van der Waals surface area (Å²) in [5.41, 5.74) is 0.531. The number of urea groups is 1. The Morgan fingerprint density at radius 2 is 1.69 bits per heavy atom. The Kier molecular flexibility index (Phi) is 7.75. The lowest BCUT2D eigenvalue weighted by atomic mass is 9.43. The number of aliphatic hydroxyl groups excluding tert-OH is 1. The molecule has 2 aliphatic heterocycles. The van der Waals surface area contributed by atoms with E-state index in [-0.39, 0.29) is 52.0 Å². The number of hydrogen-bond donors (Lipinski definition) is 3. The smallest absolute Gasteiger partial charge is 0.319 e. The molecule has 230 valence electrons. The normalized spacial score (nSPS) is 34.4. The molecule has 1 aromatic rings. The first kappa shape index (κ1) is 29.4. The standard InChI is InChI=1S/C32H46FN5O4/c1-30-15-22-16-31(2,19-30)21-32(17-22,20-30)35-29(42)34-26-6-5-23(14-25(26)33)27(40)38-7-3-4-24(18-38)28(41)37-10-8-36(9-11-37)12-13-39/h5-6,14,22,24,39H,3-4,7-13,15-21H2,1-2H3,(H2,34,35,42)/t22?,24?,30-,31+,32?. The fraction of sp³-hybridized carbons (Fsp3) is 0.719. The predicted octanol–water partition coefficient (Wildman–Crippen LogP) is 3.68. The summed E-state index contributed by atoms with van der Waals surface area (Å²) in [7, 11) is 0. The molecular weight excluding hydrogens is 537 g/mol. The van der Waals surface area contributed by atoms with E-state index in [1.54, 1.807) is 11.0 Å². The number of benzene rings is 1. The highest BCUT2D eigenvalue weighted by atomic mass is 19.1. The number of piperidine rings is 1. The number of nitrogens with one attached hydrogen (secondary N) is 2. The van der Waals surface area contributed by atoms with Crippen LogP contribution >= 0.6 is 0 Å². The van der Waals surface area contributed by atoms with Gasteiger partial charge in [-0.3, -0.25) is 14.5 Å². The molecule has 0 aromatic heterocycles. The second-order valence-electron chi connectivity index (χ2n) is 14.7. The van der Waals surface area contributed by atoms with E-state index in [4.69, 9.17) is 5.11 Å². The second-order valence-corrected chi connectivity index (χ2v) is 14.7. The number of rotatable bonds is 6. The number of aliphatic hydroxyl groups is 1. The molecule has 2 heterocycles. The topological polar surface area (TPSA) is 105 Å². The van der Waals surface area contributed by atoms with Crippen LogP contribution in [0.15, 0.2) is 18.2 Å². The molecule has 42 heavy (non-hydrogen) atoms. The Bertz CT molecular complexity index is 1220. The van der Waals surface area contributed by atoms with Gasteiger partial charge in [-0.05, 0) is 86.3 Å². The van der Waals surface area contributed by atoms with Crippen molar-refractivity contribution >= 4 is 23.5 Å². The first-order valence-corrected chi connectivity index (χ1v) is 15.8. The molecule has 9 nitrogen and oxygen atoms in total. The van der Waals surface area contributed by atoms with Gasteiger partial charge >= 0.3 is 6.03 Å². The number of anilines is 1. The molecule has 10 heteroatoms. The maximum absolute atomic E-state index is 15.2. The Balaban J connectivity index is 1.05. The average molecular weight is 584 g/mol. The minimum atomic E-state index is -0.647. The number of amides is 4. The molecule has 4 saturated carbocycles. The molecular formula is C32H46FN5O4. The fourth-order valence-corrected chi connectivity index (χ4v) is 9.87. The van der Waals surface area contributed by atoms with Crippen LogP contribution in [0.25, 0.3) is 0 Å². The molecule has 6 fully saturated rings. The van der Waals surface area contributed by atoms with E-state index in [1.807, 2.05) is 4.90 Å². The van der Waals surface area contributed by atoms with Gasteiger partial charge < -0.3 is 25.5 Å². The summed E-state index contributed by atoms with van der Waals surface area (Å²) in [6, 6.07) is 3.82. The van der Waals surface area contributed by atoms with Gasteiger partial charge in [0.1, 0.15) is 5.82 Å². The van der Waals surface area contributed by atoms with Crippen LogP contribution in [0.1, 0.15) is 75.6 Å². The van der Waals surface area contributed by atoms with E-state index in [0.717, 1.165) is 45.2 Å². The molecule has 4 aliphatic carbocycles. The highest BCUT2D eigenvalue weighted by Gasteiger charge is 2.60. The molecule has 4 bridgehead atoms. The minimum Gasteiger partial charge on any atom is -0.395 e. The van der Waals surface area contributed by atoms with Crippen LogP contribution in [0, 0.1) is 28.5 Å². The van der Waals surface area contributed by atoms with Crippen LogP contribution in [-0.2, 0) is 4.79 Å². The van der Waals surface area contributed by atoms with Gasteiger partial charge in [-0.1, -0.05) is 13.8 Å². The molecule has 1 aromatic carbocycles. The van der Waals surface area contributed by atoms with Crippen LogP contribution in [-0.4, -0.2) is 95.6 Å². The summed E-state index contributed by atoms with van der Waals surface area (Å²) in [6.07, 6.45) is 8.03. The zero-order valence-electron chi connectivity index (χ0n) is 25.1. The number of likely N-dealkylation sites (tertiary alicyclic amines) is 1. The molecule has 5 atom stereocenters. The molecule has 0 radical (unpaired) electrons. The number of nitrogens with zero attached hydrogens (tertiary/aromatic N) is 3. The van der Waals surface area contributed by atoms with Crippen molar-refractivity contribution in [3.8, 4) is 0 Å². The van der Waals surface area contributed by atoms with Crippen molar-refractivity contribution in [3.05, 3.63) is 29.6 Å². The maximum atomic E-state index is 15.2. The Morgan fingerprint density at radius 3 is 2.33 bits per heavy atom. The van der Waals surface area contributed by atoms with Crippen LogP contribution in [0.5, 0.6) is 0 Å². The van der Waals surface area contributed by atoms with E-state index < -0.39 is 11.8 Å². The second kappa shape index (κ2) is 11.1. The van der Waals surface area contributed by atoms with Crippen molar-refractivity contribution in [2.24, 2.45) is 22.7 Å². The van der Waals surface area contributed by atoms with Crippen molar-refractivity contribution < 1.29 is 23.9 Å². The zero-order valence-corrected chi connectivity index (χ0v) is 25.1. The third kappa shape index (κ3) is 5.89. The fourth-order valence-electron chi connectivity index (χ4n) is 9.87. The van der Waals surface area contributed by atoms with E-state index in [2.05, 4.69) is 29.4 Å². The van der Waals surface area contributed by atoms with E-state index in [9.17, 15) is 14.4 Å². The molecule has 3 unspecified atom stereocenters. The number of hydrogen-bond acceptors (Lipinski definition) is 5. The van der Waals surface area contributed by atoms with Crippen LogP contribution in [0.4, 0.5) is 14.9 Å². The molecule has 6 aliphatic rings. The Hall–Kier alpha value is -2.72. The van der Waals surface area contributed by atoms with Crippen LogP contribution < -0.4 is 10.6 Å². The van der Waals surface area contributed by atoms with Gasteiger partial charge in [-0.25, -0.2) is 9.18 Å². The zero-order chi connectivity index (χ0) is 29.7. The van der Waals surface area contributed by atoms with Gasteiger partial charge in [-0.2, -0.15) is 0 Å². The van der Waals surface area contributed by atoms with Crippen molar-refractivity contribution in [3.63, 3.8) is 0 Å². The van der Waals surface area contributed by atoms with Gasteiger partial charge in [0.25, 0.3) is 5.91 Å². The van der Waals surface area contributed by atoms with Gasteiger partial charge in [-0.15, -0.1) is 0 Å². The Labute approximate surface area is 248 Å². The summed E-state index contributed by atoms with van der Waals surface area (Å²) in [5.74, 6) is -0.521. The first-order chi connectivity index (χ1) is 20.0. The van der Waals surface area contributed by atoms with E-state index in [0.29, 0.717) is 38.6 Å². The molecule has 0 spiro atoms. The van der Waals surface area contributed by atoms with Crippen LogP contribution in [0.3, 0.4) is 0 Å². The molecule has 2 saturated heterocycles. The lowest BCUT2D eigenvalue weighted by molar-refractivity contribution is -0.138. The predicted molar refractivity (Wildman–Crippen MR) is 157 cm³/mol. The lowest BCUT2D eigenvalue weighted by Gasteiger charge is -2.65. The van der Waals surface area contributed by atoms with E-state index in [1.165, 1.54) is 31.4 Å². The third-order valence-electron chi connectivity index (χ3n) is 10.6. The van der Waals surface area contributed by atoms with Crippen LogP contribution in [0.2, 0.25) is 0 Å². The molecule has 4 amide bonds. The van der Waals surface area contributed by atoms with E-state index >= 15 is 4.39 Å². The lowest BCUT2D eigenvalue weighted by Crippen LogP contribution is -2.65. The number of β-amino-alcohol motifs (C(OH)–C–C–N with tert-alkyl or cyclic N) is 1. The monoisotopic (exact) mass is 583 g/mol. The van der Waals surface area contributed by atoms with Gasteiger partial charge in [0.05, 0.1) is 18.2 Å². The summed E-state index contributed by atoms with van der Waals surface area (Å²) < 4.78 is 15.2. The number of carbonyl (C=O) groups is 3. The minimum absolute atomic E-state index is 0.0539. The molecule has 7 rings (SSSR count). The Morgan fingerprint density at radius 1 is 0.976 bits per heavy atom. The first-order valence-electron chi connectivity index (χ1n) is 15.8.